The maximum atomic E-state index is 9.33. The zero-order valence-electron chi connectivity index (χ0n) is 12.2. The monoisotopic (exact) mass is 267 g/mol. The Morgan fingerprint density at radius 2 is 2.05 bits per heavy atom. The van der Waals surface area contributed by atoms with Gasteiger partial charge in [-0.3, -0.25) is 0 Å². The van der Waals surface area contributed by atoms with E-state index in [2.05, 4.69) is 32.2 Å². The first-order valence-electron chi connectivity index (χ1n) is 6.55. The number of aliphatic hydroxyl groups is 2. The molecule has 0 aliphatic carbocycles. The van der Waals surface area contributed by atoms with E-state index in [0.29, 0.717) is 13.1 Å². The van der Waals surface area contributed by atoms with Crippen molar-refractivity contribution in [2.75, 3.05) is 26.8 Å². The minimum absolute atomic E-state index is 0.119. The molecule has 0 saturated carbocycles. The Bertz CT molecular complexity index is 404. The molecule has 1 atom stereocenters. The molecule has 1 rings (SSSR count). The van der Waals surface area contributed by atoms with E-state index in [1.54, 1.807) is 7.11 Å². The lowest BCUT2D eigenvalue weighted by Crippen LogP contribution is -2.38. The van der Waals surface area contributed by atoms with Crippen LogP contribution in [0.25, 0.3) is 0 Å². The van der Waals surface area contributed by atoms with Gasteiger partial charge in [0.1, 0.15) is 5.75 Å². The number of nitrogens with one attached hydrogen (secondary N) is 1. The Hall–Kier alpha value is -1.10. The number of aryl methyl sites for hydroxylation is 1. The van der Waals surface area contributed by atoms with Gasteiger partial charge in [-0.15, -0.1) is 0 Å². The van der Waals surface area contributed by atoms with Crippen LogP contribution in [0.4, 0.5) is 0 Å². The molecule has 1 unspecified atom stereocenters. The van der Waals surface area contributed by atoms with Crippen LogP contribution in [0.3, 0.4) is 0 Å². The summed E-state index contributed by atoms with van der Waals surface area (Å²) < 4.78 is 5.42. The zero-order chi connectivity index (χ0) is 14.5. The highest BCUT2D eigenvalue weighted by atomic mass is 16.5. The summed E-state index contributed by atoms with van der Waals surface area (Å²) in [6.07, 6.45) is -0.713. The van der Waals surface area contributed by atoms with E-state index >= 15 is 0 Å². The van der Waals surface area contributed by atoms with E-state index in [4.69, 9.17) is 9.84 Å². The topological polar surface area (TPSA) is 61.7 Å². The molecule has 1 aromatic rings. The first kappa shape index (κ1) is 16.0. The Kier molecular flexibility index (Phi) is 5.79. The fourth-order valence-electron chi connectivity index (χ4n) is 2.06. The normalized spacial score (nSPS) is 13.4. The highest BCUT2D eigenvalue weighted by Gasteiger charge is 2.24. The van der Waals surface area contributed by atoms with Gasteiger partial charge in [0, 0.05) is 24.1 Å². The summed E-state index contributed by atoms with van der Waals surface area (Å²) in [6.45, 7) is 7.17. The van der Waals surface area contributed by atoms with Crippen molar-refractivity contribution < 1.29 is 14.9 Å². The van der Waals surface area contributed by atoms with Crippen LogP contribution in [0.1, 0.15) is 25.0 Å². The lowest BCUT2D eigenvalue weighted by atomic mass is 9.83. The Morgan fingerprint density at radius 1 is 1.37 bits per heavy atom. The molecule has 108 valence electrons. The third kappa shape index (κ3) is 4.49. The number of hydrogen-bond acceptors (Lipinski definition) is 4. The minimum atomic E-state index is -0.713. The maximum Gasteiger partial charge on any atom is 0.122 e. The number of methoxy groups -OCH3 is 1. The van der Waals surface area contributed by atoms with Crippen LogP contribution in [0.2, 0.25) is 0 Å². The van der Waals surface area contributed by atoms with E-state index in [1.807, 2.05) is 12.1 Å². The second kappa shape index (κ2) is 6.89. The van der Waals surface area contributed by atoms with Crippen LogP contribution in [0, 0.1) is 6.92 Å². The van der Waals surface area contributed by atoms with Gasteiger partial charge >= 0.3 is 0 Å². The van der Waals surface area contributed by atoms with Crippen molar-refractivity contribution in [3.8, 4) is 5.75 Å². The van der Waals surface area contributed by atoms with Gasteiger partial charge in [-0.25, -0.2) is 0 Å². The van der Waals surface area contributed by atoms with Gasteiger partial charge in [0.15, 0.2) is 0 Å². The van der Waals surface area contributed by atoms with Crippen LogP contribution in [0.5, 0.6) is 5.75 Å². The summed E-state index contributed by atoms with van der Waals surface area (Å²) in [5.41, 5.74) is 2.22. The fourth-order valence-corrected chi connectivity index (χ4v) is 2.06. The Balaban J connectivity index is 2.78. The molecular formula is C15H25NO3. The molecule has 4 nitrogen and oxygen atoms in total. The molecule has 3 N–H and O–H groups in total. The van der Waals surface area contributed by atoms with Gasteiger partial charge in [-0.1, -0.05) is 31.5 Å². The van der Waals surface area contributed by atoms with Crippen molar-refractivity contribution >= 4 is 0 Å². The first-order chi connectivity index (χ1) is 8.90. The molecule has 19 heavy (non-hydrogen) atoms. The average molecular weight is 267 g/mol. The lowest BCUT2D eigenvalue weighted by Gasteiger charge is -2.28. The molecule has 0 saturated heterocycles. The van der Waals surface area contributed by atoms with Gasteiger partial charge in [-0.2, -0.15) is 0 Å². The molecular weight excluding hydrogens is 242 g/mol. The van der Waals surface area contributed by atoms with Crippen molar-refractivity contribution in [1.29, 1.82) is 0 Å². The molecule has 0 aromatic heterocycles. The number of benzene rings is 1. The number of rotatable bonds is 7. The van der Waals surface area contributed by atoms with Crippen molar-refractivity contribution in [3.63, 3.8) is 0 Å². The molecule has 0 bridgehead atoms. The number of aliphatic hydroxyl groups excluding tert-OH is 2. The largest absolute Gasteiger partial charge is 0.496 e. The van der Waals surface area contributed by atoms with Crippen molar-refractivity contribution in [2.24, 2.45) is 0 Å². The Morgan fingerprint density at radius 3 is 2.63 bits per heavy atom. The molecule has 0 amide bonds. The number of ether oxygens (including phenoxy) is 1. The first-order valence-corrected chi connectivity index (χ1v) is 6.55. The van der Waals surface area contributed by atoms with Gasteiger partial charge in [-0.05, 0) is 13.0 Å². The van der Waals surface area contributed by atoms with Gasteiger partial charge in [0.2, 0.25) is 0 Å². The molecule has 0 aliphatic heterocycles. The minimum Gasteiger partial charge on any atom is -0.496 e. The molecule has 0 aliphatic rings. The second-order valence-corrected chi connectivity index (χ2v) is 5.55. The zero-order valence-corrected chi connectivity index (χ0v) is 12.2. The summed E-state index contributed by atoms with van der Waals surface area (Å²) in [4.78, 5) is 0. The summed E-state index contributed by atoms with van der Waals surface area (Å²) in [5, 5.41) is 21.3. The standard InChI is InChI=1S/C15H25NO3/c1-11-5-6-14(19-4)13(7-11)15(2,3)10-16-8-12(18)9-17/h5-7,12,16-18H,8-10H2,1-4H3. The summed E-state index contributed by atoms with van der Waals surface area (Å²) in [5.74, 6) is 0.875. The molecule has 0 radical (unpaired) electrons. The van der Waals surface area contributed by atoms with E-state index in [9.17, 15) is 5.11 Å². The average Bonchev–Trinajstić information content (AvgIpc) is 2.38. The highest BCUT2D eigenvalue weighted by Crippen LogP contribution is 2.31. The predicted octanol–water partition coefficient (Wildman–Crippen LogP) is 1.22. The number of hydrogen-bond donors (Lipinski definition) is 3. The highest BCUT2D eigenvalue weighted by molar-refractivity contribution is 5.41. The van der Waals surface area contributed by atoms with Crippen LogP contribution in [-0.2, 0) is 5.41 Å². The summed E-state index contributed by atoms with van der Waals surface area (Å²) in [6, 6.07) is 6.14. The molecule has 0 heterocycles. The van der Waals surface area contributed by atoms with Gasteiger partial charge in [0.05, 0.1) is 19.8 Å². The van der Waals surface area contributed by atoms with Crippen molar-refractivity contribution in [3.05, 3.63) is 29.3 Å². The quantitative estimate of drug-likeness (QED) is 0.695. The van der Waals surface area contributed by atoms with Gasteiger partial charge < -0.3 is 20.3 Å². The molecule has 0 fully saturated rings. The van der Waals surface area contributed by atoms with Crippen LogP contribution < -0.4 is 10.1 Å². The maximum absolute atomic E-state index is 9.33. The second-order valence-electron chi connectivity index (χ2n) is 5.55. The summed E-state index contributed by atoms with van der Waals surface area (Å²) >= 11 is 0. The predicted molar refractivity (Wildman–Crippen MR) is 76.7 cm³/mol. The molecule has 4 heteroatoms. The molecule has 0 spiro atoms. The van der Waals surface area contributed by atoms with Gasteiger partial charge in [0.25, 0.3) is 0 Å². The third-order valence-corrected chi connectivity index (χ3v) is 3.24. The van der Waals surface area contributed by atoms with E-state index in [0.717, 1.165) is 11.3 Å². The van der Waals surface area contributed by atoms with Crippen molar-refractivity contribution in [2.45, 2.75) is 32.3 Å². The SMILES string of the molecule is COc1ccc(C)cc1C(C)(C)CNCC(O)CO. The Labute approximate surface area is 115 Å². The van der Waals surface area contributed by atoms with Crippen molar-refractivity contribution in [1.82, 2.24) is 5.32 Å². The van der Waals surface area contributed by atoms with E-state index < -0.39 is 6.10 Å². The third-order valence-electron chi connectivity index (χ3n) is 3.24. The molecule has 1 aromatic carbocycles. The van der Waals surface area contributed by atoms with Crippen LogP contribution >= 0.6 is 0 Å². The van der Waals surface area contributed by atoms with Crippen LogP contribution in [-0.4, -0.2) is 43.1 Å². The van der Waals surface area contributed by atoms with E-state index in [-0.39, 0.29) is 12.0 Å². The lowest BCUT2D eigenvalue weighted by molar-refractivity contribution is 0.0934. The smallest absolute Gasteiger partial charge is 0.122 e. The fraction of sp³-hybridized carbons (Fsp3) is 0.600. The van der Waals surface area contributed by atoms with E-state index in [1.165, 1.54) is 5.56 Å². The van der Waals surface area contributed by atoms with Crippen LogP contribution in [0.15, 0.2) is 18.2 Å². The summed E-state index contributed by atoms with van der Waals surface area (Å²) in [7, 11) is 1.67.